The third-order valence-corrected chi connectivity index (χ3v) is 5.24. The fraction of sp³-hybridized carbons (Fsp3) is 0.350. The number of nitrogens with zero attached hydrogens (tertiary/aromatic N) is 1. The molecule has 5 heteroatoms. The largest absolute Gasteiger partial charge is 0.321 e. The van der Waals surface area contributed by atoms with Gasteiger partial charge in [-0.15, -0.1) is 0 Å². The molecule has 132 valence electrons. The zero-order valence-corrected chi connectivity index (χ0v) is 15.8. The first-order valence-electron chi connectivity index (χ1n) is 8.59. The maximum absolute atomic E-state index is 12.4. The number of carbonyl (C=O) groups excluding carboxylic acids is 1. The lowest BCUT2D eigenvalue weighted by Gasteiger charge is -2.30. The number of carbonyl (C=O) groups is 1. The Morgan fingerprint density at radius 2 is 1.80 bits per heavy atom. The molecule has 25 heavy (non-hydrogen) atoms. The van der Waals surface area contributed by atoms with E-state index in [1.165, 1.54) is 18.4 Å². The number of anilines is 1. The summed E-state index contributed by atoms with van der Waals surface area (Å²) in [7, 11) is 0. The third kappa shape index (κ3) is 4.97. The van der Waals surface area contributed by atoms with Gasteiger partial charge in [-0.3, -0.25) is 9.69 Å². The van der Waals surface area contributed by atoms with Crippen LogP contribution in [-0.4, -0.2) is 23.9 Å². The lowest BCUT2D eigenvalue weighted by molar-refractivity contribution is 0.102. The van der Waals surface area contributed by atoms with Crippen molar-refractivity contribution in [3.63, 3.8) is 0 Å². The van der Waals surface area contributed by atoms with Gasteiger partial charge in [0.2, 0.25) is 0 Å². The average Bonchev–Trinajstić information content (AvgIpc) is 2.61. The number of amides is 1. The van der Waals surface area contributed by atoms with Gasteiger partial charge in [-0.1, -0.05) is 42.3 Å². The highest BCUT2D eigenvalue weighted by Crippen LogP contribution is 2.26. The lowest BCUT2D eigenvalue weighted by atomic mass is 9.99. The van der Waals surface area contributed by atoms with Crippen LogP contribution in [-0.2, 0) is 6.54 Å². The molecular formula is C20H22Cl2N2O. The Labute approximate surface area is 158 Å². The molecule has 1 aliphatic heterocycles. The van der Waals surface area contributed by atoms with E-state index in [0.717, 1.165) is 25.6 Å². The third-order valence-electron chi connectivity index (χ3n) is 4.68. The predicted molar refractivity (Wildman–Crippen MR) is 105 cm³/mol. The number of rotatable bonds is 4. The molecule has 2 aromatic carbocycles. The summed E-state index contributed by atoms with van der Waals surface area (Å²) < 4.78 is 0. The molecule has 1 aliphatic rings. The van der Waals surface area contributed by atoms with Crippen LogP contribution in [0, 0.1) is 5.92 Å². The highest BCUT2D eigenvalue weighted by atomic mass is 35.5. The summed E-state index contributed by atoms with van der Waals surface area (Å²) in [6.07, 6.45) is 2.53. The van der Waals surface area contributed by atoms with Gasteiger partial charge in [0.1, 0.15) is 0 Å². The highest BCUT2D eigenvalue weighted by Gasteiger charge is 2.16. The molecular weight excluding hydrogens is 355 g/mol. The van der Waals surface area contributed by atoms with Crippen molar-refractivity contribution in [1.29, 1.82) is 0 Å². The highest BCUT2D eigenvalue weighted by molar-refractivity contribution is 6.35. The normalized spacial score (nSPS) is 16.0. The van der Waals surface area contributed by atoms with Crippen molar-refractivity contribution in [1.82, 2.24) is 4.90 Å². The molecule has 0 bridgehead atoms. The summed E-state index contributed by atoms with van der Waals surface area (Å²) in [6.45, 7) is 5.55. The Morgan fingerprint density at radius 1 is 1.12 bits per heavy atom. The van der Waals surface area contributed by atoms with Gasteiger partial charge in [-0.05, 0) is 67.7 Å². The first kappa shape index (κ1) is 18.2. The van der Waals surface area contributed by atoms with Crippen molar-refractivity contribution in [2.45, 2.75) is 26.3 Å². The number of hydrogen-bond donors (Lipinski definition) is 1. The van der Waals surface area contributed by atoms with Crippen LogP contribution in [0.3, 0.4) is 0 Å². The Hall–Kier alpha value is -1.55. The standard InChI is InChI=1S/C20H22Cl2N2O/c1-14-8-10-24(11-9-14)13-15-2-4-16(5-3-15)20(25)23-19-12-17(21)6-7-18(19)22/h2-7,12,14H,8-11,13H2,1H3,(H,23,25). The van der Waals surface area contributed by atoms with Crippen molar-refractivity contribution in [3.8, 4) is 0 Å². The Morgan fingerprint density at radius 3 is 2.48 bits per heavy atom. The van der Waals surface area contributed by atoms with E-state index in [2.05, 4.69) is 17.1 Å². The molecule has 1 saturated heterocycles. The van der Waals surface area contributed by atoms with Crippen molar-refractivity contribution in [3.05, 3.63) is 63.6 Å². The minimum Gasteiger partial charge on any atom is -0.321 e. The minimum atomic E-state index is -0.192. The molecule has 2 aromatic rings. The molecule has 1 heterocycles. The fourth-order valence-electron chi connectivity index (χ4n) is 3.03. The number of halogens is 2. The summed E-state index contributed by atoms with van der Waals surface area (Å²) in [5.74, 6) is 0.642. The van der Waals surface area contributed by atoms with Crippen molar-refractivity contribution >= 4 is 34.8 Å². The van der Waals surface area contributed by atoms with E-state index >= 15 is 0 Å². The van der Waals surface area contributed by atoms with Crippen LogP contribution in [0.2, 0.25) is 10.0 Å². The number of nitrogens with one attached hydrogen (secondary N) is 1. The second-order valence-electron chi connectivity index (χ2n) is 6.73. The van der Waals surface area contributed by atoms with Gasteiger partial charge in [0.15, 0.2) is 0 Å². The number of piperidine rings is 1. The summed E-state index contributed by atoms with van der Waals surface area (Å²) in [6, 6.07) is 12.8. The molecule has 0 atom stereocenters. The second-order valence-corrected chi connectivity index (χ2v) is 7.58. The van der Waals surface area contributed by atoms with Crippen LogP contribution in [0.15, 0.2) is 42.5 Å². The first-order valence-corrected chi connectivity index (χ1v) is 9.34. The molecule has 3 rings (SSSR count). The van der Waals surface area contributed by atoms with Crippen LogP contribution in [0.1, 0.15) is 35.7 Å². The second kappa shape index (κ2) is 8.22. The molecule has 0 unspecified atom stereocenters. The van der Waals surface area contributed by atoms with Gasteiger partial charge < -0.3 is 5.32 Å². The minimum absolute atomic E-state index is 0.192. The molecule has 0 radical (unpaired) electrons. The Bertz CT molecular complexity index is 738. The van der Waals surface area contributed by atoms with Gasteiger partial charge in [0.05, 0.1) is 10.7 Å². The van der Waals surface area contributed by atoms with Gasteiger partial charge >= 0.3 is 0 Å². The van der Waals surface area contributed by atoms with Crippen LogP contribution < -0.4 is 5.32 Å². The number of benzene rings is 2. The van der Waals surface area contributed by atoms with E-state index in [-0.39, 0.29) is 5.91 Å². The summed E-state index contributed by atoms with van der Waals surface area (Å²) in [4.78, 5) is 14.9. The quantitative estimate of drug-likeness (QED) is 0.766. The molecule has 0 aromatic heterocycles. The first-order chi connectivity index (χ1) is 12.0. The summed E-state index contributed by atoms with van der Waals surface area (Å²) in [5.41, 5.74) is 2.35. The SMILES string of the molecule is CC1CCN(Cc2ccc(C(=O)Nc3cc(Cl)ccc3Cl)cc2)CC1. The Balaban J connectivity index is 1.61. The maximum atomic E-state index is 12.4. The topological polar surface area (TPSA) is 32.3 Å². The smallest absolute Gasteiger partial charge is 0.255 e. The zero-order valence-electron chi connectivity index (χ0n) is 14.3. The van der Waals surface area contributed by atoms with Crippen LogP contribution in [0.25, 0.3) is 0 Å². The van der Waals surface area contributed by atoms with Crippen molar-refractivity contribution in [2.75, 3.05) is 18.4 Å². The van der Waals surface area contributed by atoms with E-state index in [1.807, 2.05) is 24.3 Å². The van der Waals surface area contributed by atoms with E-state index < -0.39 is 0 Å². The van der Waals surface area contributed by atoms with Gasteiger partial charge in [0, 0.05) is 17.1 Å². The summed E-state index contributed by atoms with van der Waals surface area (Å²) in [5, 5.41) is 3.81. The maximum Gasteiger partial charge on any atom is 0.255 e. The van der Waals surface area contributed by atoms with E-state index in [4.69, 9.17) is 23.2 Å². The average molecular weight is 377 g/mol. The monoisotopic (exact) mass is 376 g/mol. The van der Waals surface area contributed by atoms with Gasteiger partial charge in [-0.2, -0.15) is 0 Å². The zero-order chi connectivity index (χ0) is 17.8. The predicted octanol–water partition coefficient (Wildman–Crippen LogP) is 5.48. The number of hydrogen-bond acceptors (Lipinski definition) is 2. The molecule has 0 aliphatic carbocycles. The van der Waals surface area contributed by atoms with Crippen LogP contribution >= 0.6 is 23.2 Å². The molecule has 1 fully saturated rings. The van der Waals surface area contributed by atoms with Crippen molar-refractivity contribution < 1.29 is 4.79 Å². The Kier molecular flexibility index (Phi) is 6.00. The molecule has 1 amide bonds. The molecule has 0 saturated carbocycles. The van der Waals surface area contributed by atoms with Crippen LogP contribution in [0.4, 0.5) is 5.69 Å². The molecule has 0 spiro atoms. The molecule has 3 nitrogen and oxygen atoms in total. The van der Waals surface area contributed by atoms with Gasteiger partial charge in [0.25, 0.3) is 5.91 Å². The number of likely N-dealkylation sites (tertiary alicyclic amines) is 1. The van der Waals surface area contributed by atoms with Gasteiger partial charge in [-0.25, -0.2) is 0 Å². The fourth-order valence-corrected chi connectivity index (χ4v) is 3.36. The van der Waals surface area contributed by atoms with Crippen LogP contribution in [0.5, 0.6) is 0 Å². The summed E-state index contributed by atoms with van der Waals surface area (Å²) >= 11 is 12.0. The van der Waals surface area contributed by atoms with E-state index in [0.29, 0.717) is 21.3 Å². The van der Waals surface area contributed by atoms with E-state index in [1.54, 1.807) is 18.2 Å². The molecule has 1 N–H and O–H groups in total. The van der Waals surface area contributed by atoms with Crippen molar-refractivity contribution in [2.24, 2.45) is 5.92 Å². The lowest BCUT2D eigenvalue weighted by Crippen LogP contribution is -2.32. The van der Waals surface area contributed by atoms with E-state index in [9.17, 15) is 4.79 Å².